The number of nitrogens with two attached hydrogens (primary N) is 1. The lowest BCUT2D eigenvalue weighted by atomic mass is 10.0. The van der Waals surface area contributed by atoms with Crippen molar-refractivity contribution in [3.8, 4) is 16.2 Å². The van der Waals surface area contributed by atoms with Gasteiger partial charge in [-0.05, 0) is 48.9 Å². The minimum atomic E-state index is -3.76. The zero-order valence-corrected chi connectivity index (χ0v) is 16.0. The summed E-state index contributed by atoms with van der Waals surface area (Å²) in [6.07, 6.45) is 0. The third-order valence-electron chi connectivity index (χ3n) is 4.32. The number of thiophene rings is 1. The maximum absolute atomic E-state index is 12.6. The van der Waals surface area contributed by atoms with Crippen LogP contribution in [0.4, 0.5) is 5.69 Å². The van der Waals surface area contributed by atoms with E-state index in [9.17, 15) is 13.2 Å². The molecule has 1 amide bonds. The first-order valence-corrected chi connectivity index (χ1v) is 10.5. The molecule has 0 bridgehead atoms. The maximum Gasteiger partial charge on any atom is 0.265 e. The number of carbonyl (C=O) groups excluding carboxylic acids is 1. The largest absolute Gasteiger partial charge is 0.488 e. The van der Waals surface area contributed by atoms with Crippen molar-refractivity contribution in [2.75, 3.05) is 5.32 Å². The van der Waals surface area contributed by atoms with Crippen LogP contribution in [0.5, 0.6) is 5.75 Å². The molecule has 2 aromatic carbocycles. The van der Waals surface area contributed by atoms with Crippen molar-refractivity contribution < 1.29 is 17.9 Å². The van der Waals surface area contributed by atoms with Gasteiger partial charge in [0, 0.05) is 21.7 Å². The Balaban J connectivity index is 1.61. The SMILES string of the molecule is Cc1cccc2c1-c1sc(C(=O)Nc3ccc(S(N)(=O)=O)cc3)cc1CO2. The molecule has 138 valence electrons. The summed E-state index contributed by atoms with van der Waals surface area (Å²) in [7, 11) is -3.76. The topological polar surface area (TPSA) is 98.5 Å². The highest BCUT2D eigenvalue weighted by Crippen LogP contribution is 2.44. The summed E-state index contributed by atoms with van der Waals surface area (Å²) in [6.45, 7) is 2.45. The molecule has 1 aromatic heterocycles. The lowest BCUT2D eigenvalue weighted by molar-refractivity contribution is 0.103. The quantitative estimate of drug-likeness (QED) is 0.703. The number of nitrogens with one attached hydrogen (secondary N) is 1. The molecule has 3 N–H and O–H groups in total. The highest BCUT2D eigenvalue weighted by Gasteiger charge is 2.24. The minimum Gasteiger partial charge on any atom is -0.488 e. The first-order chi connectivity index (χ1) is 12.8. The maximum atomic E-state index is 12.6. The van der Waals surface area contributed by atoms with Gasteiger partial charge in [0.2, 0.25) is 10.0 Å². The van der Waals surface area contributed by atoms with E-state index >= 15 is 0 Å². The second-order valence-electron chi connectivity index (χ2n) is 6.23. The molecule has 0 aliphatic carbocycles. The van der Waals surface area contributed by atoms with Crippen LogP contribution in [0.1, 0.15) is 20.8 Å². The van der Waals surface area contributed by atoms with E-state index in [1.165, 1.54) is 35.6 Å². The molecular formula is C19H16N2O4S2. The van der Waals surface area contributed by atoms with E-state index in [0.29, 0.717) is 17.2 Å². The first-order valence-electron chi connectivity index (χ1n) is 8.12. The molecule has 1 aliphatic rings. The molecule has 0 unspecified atom stereocenters. The monoisotopic (exact) mass is 400 g/mol. The standard InChI is InChI=1S/C19H16N2O4S2/c1-11-3-2-4-15-17(11)18-12(10-25-15)9-16(26-18)19(22)21-13-5-7-14(8-6-13)27(20,23)24/h2-9H,10H2,1H3,(H,21,22)(H2,20,23,24). The Labute approximate surface area is 160 Å². The molecule has 0 saturated carbocycles. The number of carbonyl (C=O) groups is 1. The van der Waals surface area contributed by atoms with Crippen LogP contribution in [-0.2, 0) is 16.6 Å². The van der Waals surface area contributed by atoms with Crippen molar-refractivity contribution in [3.63, 3.8) is 0 Å². The van der Waals surface area contributed by atoms with Crippen molar-refractivity contribution in [1.82, 2.24) is 0 Å². The fourth-order valence-corrected chi connectivity index (χ4v) is 4.68. The number of aryl methyl sites for hydroxylation is 1. The van der Waals surface area contributed by atoms with Crippen molar-refractivity contribution in [1.29, 1.82) is 0 Å². The van der Waals surface area contributed by atoms with Crippen molar-refractivity contribution in [3.05, 3.63) is 64.5 Å². The lowest BCUT2D eigenvalue weighted by Crippen LogP contribution is -2.13. The highest BCUT2D eigenvalue weighted by molar-refractivity contribution is 7.89. The van der Waals surface area contributed by atoms with Crippen LogP contribution >= 0.6 is 11.3 Å². The van der Waals surface area contributed by atoms with Gasteiger partial charge in [-0.15, -0.1) is 11.3 Å². The zero-order valence-electron chi connectivity index (χ0n) is 14.4. The summed E-state index contributed by atoms with van der Waals surface area (Å²) in [5.74, 6) is 0.572. The number of hydrogen-bond acceptors (Lipinski definition) is 5. The number of hydrogen-bond donors (Lipinski definition) is 2. The molecule has 0 atom stereocenters. The predicted octanol–water partition coefficient (Wildman–Crippen LogP) is 3.52. The van der Waals surface area contributed by atoms with Crippen molar-refractivity contribution in [2.24, 2.45) is 5.14 Å². The Bertz CT molecular complexity index is 1150. The Kier molecular flexibility index (Phi) is 4.26. The molecule has 1 aliphatic heterocycles. The summed E-state index contributed by atoms with van der Waals surface area (Å²) < 4.78 is 28.4. The van der Waals surface area contributed by atoms with E-state index in [0.717, 1.165) is 27.3 Å². The van der Waals surface area contributed by atoms with Gasteiger partial charge in [0.25, 0.3) is 5.91 Å². The Morgan fingerprint density at radius 1 is 1.19 bits per heavy atom. The first kappa shape index (κ1) is 17.7. The summed E-state index contributed by atoms with van der Waals surface area (Å²) in [6, 6.07) is 13.5. The van der Waals surface area contributed by atoms with Gasteiger partial charge in [-0.2, -0.15) is 0 Å². The number of sulfonamides is 1. The smallest absolute Gasteiger partial charge is 0.265 e. The van der Waals surface area contributed by atoms with Crippen molar-refractivity contribution in [2.45, 2.75) is 18.4 Å². The number of fused-ring (bicyclic) bond motifs is 3. The summed E-state index contributed by atoms with van der Waals surface area (Å²) in [4.78, 5) is 14.2. The van der Waals surface area contributed by atoms with E-state index < -0.39 is 10.0 Å². The van der Waals surface area contributed by atoms with E-state index in [-0.39, 0.29) is 10.8 Å². The predicted molar refractivity (Wildman–Crippen MR) is 105 cm³/mol. The van der Waals surface area contributed by atoms with Crippen LogP contribution in [0.2, 0.25) is 0 Å². The molecule has 27 heavy (non-hydrogen) atoms. The molecule has 3 aromatic rings. The van der Waals surface area contributed by atoms with Crippen LogP contribution in [0, 0.1) is 6.92 Å². The van der Waals surface area contributed by atoms with Gasteiger partial charge < -0.3 is 10.1 Å². The number of ether oxygens (including phenoxy) is 1. The fraction of sp³-hybridized carbons (Fsp3) is 0.105. The molecule has 0 spiro atoms. The Morgan fingerprint density at radius 2 is 1.93 bits per heavy atom. The number of amides is 1. The molecule has 2 heterocycles. The number of rotatable bonds is 3. The minimum absolute atomic E-state index is 0.00341. The van der Waals surface area contributed by atoms with Gasteiger partial charge in [0.05, 0.1) is 9.77 Å². The van der Waals surface area contributed by atoms with Gasteiger partial charge in [-0.3, -0.25) is 4.79 Å². The van der Waals surface area contributed by atoms with Gasteiger partial charge >= 0.3 is 0 Å². The van der Waals surface area contributed by atoms with Gasteiger partial charge in [0.15, 0.2) is 0 Å². The molecule has 0 radical (unpaired) electrons. The van der Waals surface area contributed by atoms with Crippen LogP contribution in [0.25, 0.3) is 10.4 Å². The number of anilines is 1. The zero-order chi connectivity index (χ0) is 19.2. The highest BCUT2D eigenvalue weighted by atomic mass is 32.2. The van der Waals surface area contributed by atoms with E-state index in [1.54, 1.807) is 0 Å². The average Bonchev–Trinajstić information content (AvgIpc) is 3.06. The Morgan fingerprint density at radius 3 is 2.63 bits per heavy atom. The van der Waals surface area contributed by atoms with Gasteiger partial charge in [0.1, 0.15) is 12.4 Å². The Hall–Kier alpha value is -2.68. The molecular weight excluding hydrogens is 384 g/mol. The van der Waals surface area contributed by atoms with E-state index in [2.05, 4.69) is 5.32 Å². The van der Waals surface area contributed by atoms with E-state index in [4.69, 9.17) is 9.88 Å². The summed E-state index contributed by atoms with van der Waals surface area (Å²) in [5.41, 5.74) is 3.60. The van der Waals surface area contributed by atoms with Crippen LogP contribution in [0.3, 0.4) is 0 Å². The summed E-state index contributed by atoms with van der Waals surface area (Å²) >= 11 is 1.42. The number of primary sulfonamides is 1. The van der Waals surface area contributed by atoms with Gasteiger partial charge in [-0.1, -0.05) is 12.1 Å². The normalized spacial score (nSPS) is 12.7. The lowest BCUT2D eigenvalue weighted by Gasteiger charge is -2.19. The summed E-state index contributed by atoms with van der Waals surface area (Å²) in [5, 5.41) is 7.86. The fourth-order valence-electron chi connectivity index (χ4n) is 2.99. The van der Waals surface area contributed by atoms with Crippen molar-refractivity contribution >= 4 is 33.0 Å². The molecule has 4 rings (SSSR count). The second kappa shape index (κ2) is 6.49. The van der Waals surface area contributed by atoms with E-state index in [1.807, 2.05) is 31.2 Å². The third-order valence-corrected chi connectivity index (χ3v) is 6.44. The molecule has 8 heteroatoms. The van der Waals surface area contributed by atoms with Crippen LogP contribution in [0.15, 0.2) is 53.4 Å². The average molecular weight is 400 g/mol. The van der Waals surface area contributed by atoms with Crippen LogP contribution < -0.4 is 15.2 Å². The number of benzene rings is 2. The molecule has 0 fully saturated rings. The second-order valence-corrected chi connectivity index (χ2v) is 8.84. The molecule has 0 saturated heterocycles. The third kappa shape index (κ3) is 3.34. The molecule has 6 nitrogen and oxygen atoms in total. The van der Waals surface area contributed by atoms with Gasteiger partial charge in [-0.25, -0.2) is 13.6 Å². The van der Waals surface area contributed by atoms with Crippen LogP contribution in [-0.4, -0.2) is 14.3 Å².